The second-order valence-corrected chi connectivity index (χ2v) is 16.0. The summed E-state index contributed by atoms with van der Waals surface area (Å²) in [6.45, 7) is 7.48. The Kier molecular flexibility index (Phi) is 47.5. The lowest BCUT2D eigenvalue weighted by Crippen LogP contribution is -2.30. The first-order valence-electron chi connectivity index (χ1n) is 24.8. The topological polar surface area (TPSA) is 61.8 Å². The monoisotopic (exact) mass is 833 g/mol. The van der Waals surface area contributed by atoms with Gasteiger partial charge >= 0.3 is 11.9 Å². The zero-order chi connectivity index (χ0) is 43.5. The molecule has 0 radical (unpaired) electrons. The summed E-state index contributed by atoms with van der Waals surface area (Å²) >= 11 is 0. The molecule has 1 unspecified atom stereocenters. The third-order valence-electron chi connectivity index (χ3n) is 10.1. The second-order valence-electron chi connectivity index (χ2n) is 16.0. The molecule has 0 aliphatic rings. The van der Waals surface area contributed by atoms with E-state index in [2.05, 4.69) is 118 Å². The molecule has 0 rings (SSSR count). The van der Waals surface area contributed by atoms with Gasteiger partial charge in [-0.15, -0.1) is 0 Å². The van der Waals surface area contributed by atoms with E-state index < -0.39 is 6.10 Å². The molecule has 0 aromatic rings. The van der Waals surface area contributed by atoms with Gasteiger partial charge in [-0.1, -0.05) is 182 Å². The van der Waals surface area contributed by atoms with Crippen LogP contribution in [0.25, 0.3) is 0 Å². The molecule has 0 aliphatic carbocycles. The van der Waals surface area contributed by atoms with Gasteiger partial charge in [0.1, 0.15) is 6.61 Å². The minimum Gasteiger partial charge on any atom is -0.462 e. The molecule has 60 heavy (non-hydrogen) atoms. The van der Waals surface area contributed by atoms with Gasteiger partial charge in [0, 0.05) is 19.4 Å². The number of hydrogen-bond donors (Lipinski definition) is 0. The maximum Gasteiger partial charge on any atom is 0.306 e. The van der Waals surface area contributed by atoms with Crippen molar-refractivity contribution in [3.05, 3.63) is 97.2 Å². The van der Waals surface area contributed by atoms with E-state index in [1.807, 2.05) is 0 Å². The molecule has 1 atom stereocenters. The van der Waals surface area contributed by atoms with E-state index in [1.165, 1.54) is 77.0 Å². The molecule has 0 aromatic carbocycles. The molecule has 0 bridgehead atoms. The highest BCUT2D eigenvalue weighted by Gasteiger charge is 2.17. The predicted octanol–water partition coefficient (Wildman–Crippen LogP) is 16.7. The van der Waals surface area contributed by atoms with Crippen LogP contribution in [-0.2, 0) is 23.8 Å². The van der Waals surface area contributed by atoms with Gasteiger partial charge in [0.2, 0.25) is 0 Å². The van der Waals surface area contributed by atoms with Crippen LogP contribution in [0.5, 0.6) is 0 Å². The van der Waals surface area contributed by atoms with Crippen molar-refractivity contribution in [3.63, 3.8) is 0 Å². The maximum atomic E-state index is 12.8. The summed E-state index contributed by atoms with van der Waals surface area (Å²) in [5.41, 5.74) is 0. The fourth-order valence-corrected chi connectivity index (χ4v) is 6.40. The molecule has 0 N–H and O–H groups in total. The van der Waals surface area contributed by atoms with E-state index >= 15 is 0 Å². The van der Waals surface area contributed by atoms with Crippen molar-refractivity contribution in [1.29, 1.82) is 0 Å². The van der Waals surface area contributed by atoms with Crippen LogP contribution >= 0.6 is 0 Å². The van der Waals surface area contributed by atoms with Crippen molar-refractivity contribution >= 4 is 11.9 Å². The molecule has 0 aliphatic heterocycles. The first kappa shape index (κ1) is 56.8. The van der Waals surface area contributed by atoms with Crippen LogP contribution in [0.15, 0.2) is 97.2 Å². The molecule has 0 amide bonds. The van der Waals surface area contributed by atoms with Gasteiger partial charge in [-0.25, -0.2) is 0 Å². The van der Waals surface area contributed by atoms with Crippen LogP contribution in [0.1, 0.15) is 213 Å². The highest BCUT2D eigenvalue weighted by Crippen LogP contribution is 2.12. The lowest BCUT2D eigenvalue weighted by Gasteiger charge is -2.18. The average molecular weight is 833 g/mol. The molecule has 342 valence electrons. The summed E-state index contributed by atoms with van der Waals surface area (Å²) in [7, 11) is 0. The molecule has 0 spiro atoms. The second kappa shape index (κ2) is 50.2. The minimum atomic E-state index is -0.582. The lowest BCUT2D eigenvalue weighted by atomic mass is 10.1. The molecular formula is C55H92O5. The number of esters is 2. The molecule has 0 saturated heterocycles. The van der Waals surface area contributed by atoms with Crippen molar-refractivity contribution in [1.82, 2.24) is 0 Å². The molecule has 0 fully saturated rings. The molecular weight excluding hydrogens is 741 g/mol. The van der Waals surface area contributed by atoms with Crippen LogP contribution in [-0.4, -0.2) is 37.9 Å². The number of carbonyl (C=O) groups is 2. The van der Waals surface area contributed by atoms with Crippen molar-refractivity contribution < 1.29 is 23.8 Å². The van der Waals surface area contributed by atoms with Gasteiger partial charge in [-0.3, -0.25) is 9.59 Å². The van der Waals surface area contributed by atoms with Crippen molar-refractivity contribution in [2.75, 3.05) is 19.8 Å². The summed E-state index contributed by atoms with van der Waals surface area (Å²) in [6, 6.07) is 0. The van der Waals surface area contributed by atoms with Gasteiger partial charge in [0.25, 0.3) is 0 Å². The van der Waals surface area contributed by atoms with Crippen molar-refractivity contribution in [3.8, 4) is 0 Å². The van der Waals surface area contributed by atoms with Crippen LogP contribution in [0.4, 0.5) is 0 Å². The number of carbonyl (C=O) groups excluding carboxylic acids is 2. The minimum absolute atomic E-state index is 0.0455. The van der Waals surface area contributed by atoms with Crippen LogP contribution in [0.3, 0.4) is 0 Å². The number of rotatable bonds is 44. The maximum absolute atomic E-state index is 12.8. The van der Waals surface area contributed by atoms with Crippen LogP contribution < -0.4 is 0 Å². The lowest BCUT2D eigenvalue weighted by molar-refractivity contribution is -0.163. The zero-order valence-electron chi connectivity index (χ0n) is 39.2. The van der Waals surface area contributed by atoms with E-state index in [4.69, 9.17) is 14.2 Å². The Morgan fingerprint density at radius 1 is 0.383 bits per heavy atom. The average Bonchev–Trinajstić information content (AvgIpc) is 3.25. The van der Waals surface area contributed by atoms with Crippen LogP contribution in [0, 0.1) is 0 Å². The van der Waals surface area contributed by atoms with Gasteiger partial charge < -0.3 is 14.2 Å². The molecule has 0 aromatic heterocycles. The Bertz CT molecular complexity index is 1170. The highest BCUT2D eigenvalue weighted by atomic mass is 16.6. The van der Waals surface area contributed by atoms with Crippen LogP contribution in [0.2, 0.25) is 0 Å². The first-order chi connectivity index (χ1) is 29.6. The molecule has 5 heteroatoms. The summed E-state index contributed by atoms with van der Waals surface area (Å²) in [6.07, 6.45) is 67.0. The first-order valence-corrected chi connectivity index (χ1v) is 24.8. The number of hydrogen-bond acceptors (Lipinski definition) is 5. The van der Waals surface area contributed by atoms with Gasteiger partial charge in [0.15, 0.2) is 6.10 Å². The van der Waals surface area contributed by atoms with E-state index in [-0.39, 0.29) is 25.2 Å². The van der Waals surface area contributed by atoms with E-state index in [0.29, 0.717) is 19.4 Å². The van der Waals surface area contributed by atoms with Crippen molar-refractivity contribution in [2.45, 2.75) is 219 Å². The fourth-order valence-electron chi connectivity index (χ4n) is 6.40. The standard InChI is InChI=1S/C55H92O5/c1-4-7-10-13-16-19-22-25-28-30-33-36-39-42-45-48-54(56)59-52-53(51-58-50-47-44-41-38-35-32-27-24-21-18-15-12-9-6-3)60-55(57)49-46-43-40-37-34-31-29-26-23-20-17-14-11-8-5-2/h9,12,16-21,25-29,32,38,41,53H,4-8,10-11,13-15,22-24,30-31,33-37,39-40,42-52H2,1-3H3/b12-9-,19-16-,20-17-,21-18-,28-25-,29-26-,32-27-,41-38-. The third-order valence-corrected chi connectivity index (χ3v) is 10.1. The van der Waals surface area contributed by atoms with Crippen molar-refractivity contribution in [2.24, 2.45) is 0 Å². The van der Waals surface area contributed by atoms with Gasteiger partial charge in [-0.2, -0.15) is 0 Å². The Labute approximate surface area is 371 Å². The Hall–Kier alpha value is -3.18. The SMILES string of the molecule is CC/C=C\C/C=C\C/C=C\C/C=C\CCCOCC(COC(=O)CCCCCCC/C=C\C/C=C\CCCCC)OC(=O)CCCCCCC/C=C\C/C=C\CCCCC. The number of ether oxygens (including phenoxy) is 3. The normalized spacial score (nSPS) is 13.1. The molecule has 0 heterocycles. The summed E-state index contributed by atoms with van der Waals surface area (Å²) in [5, 5.41) is 0. The van der Waals surface area contributed by atoms with E-state index in [0.717, 1.165) is 103 Å². The third kappa shape index (κ3) is 47.5. The van der Waals surface area contributed by atoms with E-state index in [9.17, 15) is 9.59 Å². The summed E-state index contributed by atoms with van der Waals surface area (Å²) < 4.78 is 17.3. The molecule has 5 nitrogen and oxygen atoms in total. The largest absolute Gasteiger partial charge is 0.462 e. The number of allylic oxidation sites excluding steroid dienone is 16. The predicted molar refractivity (Wildman–Crippen MR) is 260 cm³/mol. The fraction of sp³-hybridized carbons (Fsp3) is 0.673. The quantitative estimate of drug-likeness (QED) is 0.0348. The number of unbranched alkanes of at least 4 members (excludes halogenated alkanes) is 17. The van der Waals surface area contributed by atoms with Gasteiger partial charge in [-0.05, 0) is 116 Å². The Balaban J connectivity index is 4.42. The Morgan fingerprint density at radius 3 is 1.20 bits per heavy atom. The zero-order valence-corrected chi connectivity index (χ0v) is 39.2. The summed E-state index contributed by atoms with van der Waals surface area (Å²) in [5.74, 6) is -0.464. The van der Waals surface area contributed by atoms with E-state index in [1.54, 1.807) is 0 Å². The van der Waals surface area contributed by atoms with Gasteiger partial charge in [0.05, 0.1) is 6.61 Å². The highest BCUT2D eigenvalue weighted by molar-refractivity contribution is 5.70. The smallest absolute Gasteiger partial charge is 0.306 e. The molecule has 0 saturated carbocycles. The summed E-state index contributed by atoms with van der Waals surface area (Å²) in [4.78, 5) is 25.3. The Morgan fingerprint density at radius 2 is 0.750 bits per heavy atom.